The van der Waals surface area contributed by atoms with Crippen molar-refractivity contribution < 1.29 is 18.7 Å². The number of nitrogens with zero attached hydrogens (tertiary/aromatic N) is 3. The number of aromatic nitrogens is 1. The minimum atomic E-state index is -0.124. The third-order valence-electron chi connectivity index (χ3n) is 5.47. The van der Waals surface area contributed by atoms with Gasteiger partial charge in [0, 0.05) is 37.7 Å². The van der Waals surface area contributed by atoms with Gasteiger partial charge in [-0.1, -0.05) is 18.2 Å². The van der Waals surface area contributed by atoms with Crippen molar-refractivity contribution in [1.82, 2.24) is 14.8 Å². The maximum atomic E-state index is 12.9. The largest absolute Gasteiger partial charge is 0.441 e. The monoisotopic (exact) mass is 383 g/mol. The van der Waals surface area contributed by atoms with Gasteiger partial charge in [-0.05, 0) is 31.9 Å². The van der Waals surface area contributed by atoms with Gasteiger partial charge in [0.1, 0.15) is 5.76 Å². The molecule has 2 aliphatic heterocycles. The maximum absolute atomic E-state index is 12.9. The van der Waals surface area contributed by atoms with Crippen LogP contribution in [-0.2, 0) is 9.53 Å². The lowest BCUT2D eigenvalue weighted by Gasteiger charge is -2.35. The van der Waals surface area contributed by atoms with Gasteiger partial charge in [0.05, 0.1) is 13.2 Å². The van der Waals surface area contributed by atoms with Crippen LogP contribution in [0.25, 0.3) is 11.5 Å². The number of likely N-dealkylation sites (tertiary alicyclic amines) is 1. The second-order valence-corrected chi connectivity index (χ2v) is 7.29. The molecule has 4 rings (SSSR count). The normalized spacial score (nSPS) is 18.3. The first-order chi connectivity index (χ1) is 13.6. The zero-order chi connectivity index (χ0) is 19.5. The van der Waals surface area contributed by atoms with Gasteiger partial charge >= 0.3 is 0 Å². The maximum Gasteiger partial charge on any atom is 0.276 e. The summed E-state index contributed by atoms with van der Waals surface area (Å²) in [6.45, 7) is 5.44. The molecule has 0 spiro atoms. The second-order valence-electron chi connectivity index (χ2n) is 7.29. The molecule has 0 radical (unpaired) electrons. The van der Waals surface area contributed by atoms with Gasteiger partial charge in [-0.25, -0.2) is 4.98 Å². The summed E-state index contributed by atoms with van der Waals surface area (Å²) in [6, 6.07) is 9.55. The number of hydrogen-bond acceptors (Lipinski definition) is 5. The Balaban J connectivity index is 1.39. The van der Waals surface area contributed by atoms with Crippen LogP contribution in [0.5, 0.6) is 0 Å². The number of carbonyl (C=O) groups excluding carboxylic acids is 2. The molecule has 0 N–H and O–H groups in total. The van der Waals surface area contributed by atoms with Crippen LogP contribution in [0.15, 0.2) is 34.7 Å². The highest BCUT2D eigenvalue weighted by atomic mass is 16.5. The van der Waals surface area contributed by atoms with Crippen LogP contribution in [0.2, 0.25) is 0 Å². The molecule has 28 heavy (non-hydrogen) atoms. The number of carbonyl (C=O) groups is 2. The van der Waals surface area contributed by atoms with Crippen LogP contribution in [0.4, 0.5) is 0 Å². The Labute approximate surface area is 164 Å². The van der Waals surface area contributed by atoms with Gasteiger partial charge in [0.25, 0.3) is 5.91 Å². The number of benzene rings is 1. The fourth-order valence-corrected chi connectivity index (χ4v) is 3.82. The molecule has 2 fully saturated rings. The Hall–Kier alpha value is -2.67. The number of aryl methyl sites for hydroxylation is 1. The smallest absolute Gasteiger partial charge is 0.276 e. The highest BCUT2D eigenvalue weighted by molar-refractivity contribution is 5.94. The summed E-state index contributed by atoms with van der Waals surface area (Å²) in [5.74, 6) is 1.04. The van der Waals surface area contributed by atoms with E-state index in [1.165, 1.54) is 0 Å². The highest BCUT2D eigenvalue weighted by Gasteiger charge is 2.32. The molecule has 7 nitrogen and oxygen atoms in total. The molecule has 0 saturated carbocycles. The van der Waals surface area contributed by atoms with Crippen molar-refractivity contribution in [3.8, 4) is 11.5 Å². The Morgan fingerprint density at radius 1 is 1.00 bits per heavy atom. The lowest BCUT2D eigenvalue weighted by atomic mass is 9.95. The van der Waals surface area contributed by atoms with Crippen molar-refractivity contribution in [2.45, 2.75) is 19.8 Å². The average Bonchev–Trinajstić information content (AvgIpc) is 3.16. The molecule has 0 aliphatic carbocycles. The molecule has 3 heterocycles. The molecule has 2 saturated heterocycles. The molecule has 2 amide bonds. The molecule has 0 unspecified atom stereocenters. The van der Waals surface area contributed by atoms with Crippen LogP contribution in [0.1, 0.15) is 29.1 Å². The standard InChI is InChI=1S/C21H25N3O4/c1-15-18(22-19(28-15)16-5-3-2-4-6-16)21(26)23-9-7-17(8-10-23)20(25)24-11-13-27-14-12-24/h2-6,17H,7-14H2,1H3. The summed E-state index contributed by atoms with van der Waals surface area (Å²) >= 11 is 0. The topological polar surface area (TPSA) is 75.9 Å². The first kappa shape index (κ1) is 18.7. The van der Waals surface area contributed by atoms with E-state index in [-0.39, 0.29) is 17.7 Å². The number of morpholine rings is 1. The Morgan fingerprint density at radius 3 is 2.36 bits per heavy atom. The molecule has 2 aliphatic rings. The number of hydrogen-bond donors (Lipinski definition) is 0. The summed E-state index contributed by atoms with van der Waals surface area (Å²) in [6.07, 6.45) is 1.37. The zero-order valence-corrected chi connectivity index (χ0v) is 16.1. The number of oxazole rings is 1. The van der Waals surface area contributed by atoms with Crippen molar-refractivity contribution in [2.75, 3.05) is 39.4 Å². The van der Waals surface area contributed by atoms with Crippen LogP contribution in [0, 0.1) is 12.8 Å². The van der Waals surface area contributed by atoms with Gasteiger partial charge in [-0.15, -0.1) is 0 Å². The molecule has 148 valence electrons. The third kappa shape index (κ3) is 3.80. The summed E-state index contributed by atoms with van der Waals surface area (Å²) < 4.78 is 11.0. The molecule has 7 heteroatoms. The van der Waals surface area contributed by atoms with Gasteiger partial charge in [-0.2, -0.15) is 0 Å². The van der Waals surface area contributed by atoms with Crippen LogP contribution in [-0.4, -0.2) is 66.0 Å². The molecule has 0 atom stereocenters. The molecular formula is C21H25N3O4. The lowest BCUT2D eigenvalue weighted by Crippen LogP contribution is -2.47. The molecule has 1 aromatic heterocycles. The Bertz CT molecular complexity index is 835. The Kier molecular flexibility index (Phi) is 5.43. The second kappa shape index (κ2) is 8.14. The predicted octanol–water partition coefficient (Wildman–Crippen LogP) is 2.36. The SMILES string of the molecule is Cc1oc(-c2ccccc2)nc1C(=O)N1CCC(C(=O)N2CCOCC2)CC1. The van der Waals surface area contributed by atoms with E-state index >= 15 is 0 Å². The van der Waals surface area contributed by atoms with E-state index in [1.807, 2.05) is 35.2 Å². The number of ether oxygens (including phenoxy) is 1. The first-order valence-corrected chi connectivity index (χ1v) is 9.82. The van der Waals surface area contributed by atoms with E-state index in [1.54, 1.807) is 11.8 Å². The summed E-state index contributed by atoms with van der Waals surface area (Å²) in [7, 11) is 0. The van der Waals surface area contributed by atoms with E-state index in [4.69, 9.17) is 9.15 Å². The summed E-state index contributed by atoms with van der Waals surface area (Å²) in [5, 5.41) is 0. The van der Waals surface area contributed by atoms with Gasteiger partial charge in [0.2, 0.25) is 11.8 Å². The highest BCUT2D eigenvalue weighted by Crippen LogP contribution is 2.25. The summed E-state index contributed by atoms with van der Waals surface area (Å²) in [4.78, 5) is 33.7. The van der Waals surface area contributed by atoms with Gasteiger partial charge < -0.3 is 19.0 Å². The van der Waals surface area contributed by atoms with Gasteiger partial charge in [-0.3, -0.25) is 9.59 Å². The average molecular weight is 383 g/mol. The van der Waals surface area contributed by atoms with Gasteiger partial charge in [0.15, 0.2) is 5.69 Å². The third-order valence-corrected chi connectivity index (χ3v) is 5.47. The fourth-order valence-electron chi connectivity index (χ4n) is 3.82. The van der Waals surface area contributed by atoms with E-state index in [0.717, 1.165) is 5.56 Å². The molecule has 1 aromatic carbocycles. The minimum absolute atomic E-state index is 0.0135. The van der Waals surface area contributed by atoms with Crippen LogP contribution < -0.4 is 0 Å². The van der Waals surface area contributed by atoms with E-state index in [2.05, 4.69) is 4.98 Å². The van der Waals surface area contributed by atoms with Crippen molar-refractivity contribution in [1.29, 1.82) is 0 Å². The number of amides is 2. The number of piperidine rings is 1. The minimum Gasteiger partial charge on any atom is -0.441 e. The number of rotatable bonds is 3. The zero-order valence-electron chi connectivity index (χ0n) is 16.1. The van der Waals surface area contributed by atoms with E-state index in [0.29, 0.717) is 69.6 Å². The first-order valence-electron chi connectivity index (χ1n) is 9.82. The van der Waals surface area contributed by atoms with E-state index in [9.17, 15) is 9.59 Å². The quantitative estimate of drug-likeness (QED) is 0.813. The van der Waals surface area contributed by atoms with Crippen molar-refractivity contribution in [3.63, 3.8) is 0 Å². The fraction of sp³-hybridized carbons (Fsp3) is 0.476. The summed E-state index contributed by atoms with van der Waals surface area (Å²) in [5.41, 5.74) is 1.20. The van der Waals surface area contributed by atoms with Crippen LogP contribution in [0.3, 0.4) is 0 Å². The van der Waals surface area contributed by atoms with Crippen molar-refractivity contribution in [3.05, 3.63) is 41.8 Å². The molecule has 0 bridgehead atoms. The van der Waals surface area contributed by atoms with Crippen molar-refractivity contribution in [2.24, 2.45) is 5.92 Å². The van der Waals surface area contributed by atoms with Crippen LogP contribution >= 0.6 is 0 Å². The molecular weight excluding hydrogens is 358 g/mol. The van der Waals surface area contributed by atoms with Crippen molar-refractivity contribution >= 4 is 11.8 Å². The van der Waals surface area contributed by atoms with E-state index < -0.39 is 0 Å². The predicted molar refractivity (Wildman–Crippen MR) is 103 cm³/mol. The lowest BCUT2D eigenvalue weighted by molar-refractivity contribution is -0.141. The Morgan fingerprint density at radius 2 is 1.68 bits per heavy atom. The molecule has 2 aromatic rings.